The fourth-order valence-electron chi connectivity index (χ4n) is 2.41. The summed E-state index contributed by atoms with van der Waals surface area (Å²) in [5.41, 5.74) is 7.38. The summed E-state index contributed by atoms with van der Waals surface area (Å²) in [4.78, 5) is 12.5. The van der Waals surface area contributed by atoms with E-state index in [1.165, 1.54) is 0 Å². The van der Waals surface area contributed by atoms with Gasteiger partial charge in [-0.2, -0.15) is 0 Å². The third kappa shape index (κ3) is 2.70. The number of benzene rings is 3. The van der Waals surface area contributed by atoms with Crippen LogP contribution in [-0.2, 0) is 4.79 Å². The van der Waals surface area contributed by atoms with E-state index in [4.69, 9.17) is 11.6 Å². The first-order chi connectivity index (χ1) is 10.7. The predicted molar refractivity (Wildman–Crippen MR) is 89.0 cm³/mol. The number of hydrogen-bond donors (Lipinski definition) is 2. The molecule has 0 saturated carbocycles. The first kappa shape index (κ1) is 14.3. The van der Waals surface area contributed by atoms with E-state index in [2.05, 4.69) is 0 Å². The average molecular weight is 291 g/mol. The highest BCUT2D eigenvalue weighted by atomic mass is 16.2. The van der Waals surface area contributed by atoms with Crippen LogP contribution in [0, 0.1) is 0 Å². The van der Waals surface area contributed by atoms with Crippen molar-refractivity contribution >= 4 is 22.4 Å². The summed E-state index contributed by atoms with van der Waals surface area (Å²) in [6.45, 7) is 0. The fourth-order valence-corrected chi connectivity index (χ4v) is 2.41. The van der Waals surface area contributed by atoms with Crippen molar-refractivity contribution in [3.05, 3.63) is 78.4 Å². The van der Waals surface area contributed by atoms with Crippen molar-refractivity contribution in [1.82, 2.24) is 0 Å². The molecule has 22 heavy (non-hydrogen) atoms. The summed E-state index contributed by atoms with van der Waals surface area (Å²) in [5.74, 6) is 5.63. The lowest BCUT2D eigenvalue weighted by molar-refractivity contribution is -0.120. The molecule has 4 heteroatoms. The zero-order chi connectivity index (χ0) is 15.5. The molecule has 0 aromatic heterocycles. The Kier molecular flexibility index (Phi) is 3.87. The summed E-state index contributed by atoms with van der Waals surface area (Å²) >= 11 is 0. The van der Waals surface area contributed by atoms with Gasteiger partial charge in [0.05, 0.1) is 5.69 Å². The molecule has 0 fully saturated rings. The maximum atomic E-state index is 12.5. The lowest BCUT2D eigenvalue weighted by atomic mass is 10.1. The minimum Gasteiger partial charge on any atom is -0.316 e. The standard InChI is InChI=1S/C18H17N3O/c19-17(14-7-2-1-3-8-14)18(22)21(20)16-11-10-13-6-4-5-9-15(13)12-16/h1-12,17H,19-20H2. The third-order valence-electron chi connectivity index (χ3n) is 3.67. The van der Waals surface area contributed by atoms with Crippen molar-refractivity contribution in [3.63, 3.8) is 0 Å². The van der Waals surface area contributed by atoms with Crippen LogP contribution in [0.1, 0.15) is 11.6 Å². The topological polar surface area (TPSA) is 72.4 Å². The summed E-state index contributed by atoms with van der Waals surface area (Å²) in [6, 6.07) is 22.0. The van der Waals surface area contributed by atoms with Crippen LogP contribution in [0.5, 0.6) is 0 Å². The van der Waals surface area contributed by atoms with Gasteiger partial charge in [0.15, 0.2) is 0 Å². The van der Waals surface area contributed by atoms with E-state index in [1.54, 1.807) is 0 Å². The number of carbonyl (C=O) groups excluding carboxylic acids is 1. The molecule has 0 bridgehead atoms. The van der Waals surface area contributed by atoms with E-state index >= 15 is 0 Å². The Morgan fingerprint density at radius 3 is 2.23 bits per heavy atom. The Morgan fingerprint density at radius 2 is 1.50 bits per heavy atom. The van der Waals surface area contributed by atoms with Gasteiger partial charge in [0.25, 0.3) is 5.91 Å². The van der Waals surface area contributed by atoms with Crippen molar-refractivity contribution in [1.29, 1.82) is 0 Å². The number of hydrazine groups is 1. The van der Waals surface area contributed by atoms with E-state index in [1.807, 2.05) is 72.8 Å². The van der Waals surface area contributed by atoms with Gasteiger partial charge < -0.3 is 5.73 Å². The normalized spacial score (nSPS) is 12.1. The molecule has 3 rings (SSSR count). The summed E-state index contributed by atoms with van der Waals surface area (Å²) in [6.07, 6.45) is 0. The smallest absolute Gasteiger partial charge is 0.262 e. The number of anilines is 1. The molecule has 1 unspecified atom stereocenters. The number of amides is 1. The van der Waals surface area contributed by atoms with Crippen LogP contribution >= 0.6 is 0 Å². The molecule has 0 heterocycles. The van der Waals surface area contributed by atoms with Crippen LogP contribution < -0.4 is 16.6 Å². The Morgan fingerprint density at radius 1 is 0.864 bits per heavy atom. The molecule has 0 aliphatic carbocycles. The Bertz CT molecular complexity index is 802. The van der Waals surface area contributed by atoms with Crippen molar-refractivity contribution in [2.75, 3.05) is 5.01 Å². The van der Waals surface area contributed by atoms with Gasteiger partial charge in [-0.3, -0.25) is 4.79 Å². The molecule has 1 amide bonds. The quantitative estimate of drug-likeness (QED) is 0.443. The minimum absolute atomic E-state index is 0.346. The maximum Gasteiger partial charge on any atom is 0.262 e. The van der Waals surface area contributed by atoms with Crippen molar-refractivity contribution < 1.29 is 4.79 Å². The molecule has 3 aromatic carbocycles. The van der Waals surface area contributed by atoms with Crippen LogP contribution in [0.25, 0.3) is 10.8 Å². The minimum atomic E-state index is -0.780. The van der Waals surface area contributed by atoms with Crippen LogP contribution in [0.15, 0.2) is 72.8 Å². The van der Waals surface area contributed by atoms with E-state index in [0.717, 1.165) is 21.3 Å². The SMILES string of the molecule is NC(C(=O)N(N)c1ccc2ccccc2c1)c1ccccc1. The van der Waals surface area contributed by atoms with E-state index < -0.39 is 6.04 Å². The molecular formula is C18H17N3O. The Hall–Kier alpha value is -2.69. The molecule has 4 N–H and O–H groups in total. The summed E-state index contributed by atoms with van der Waals surface area (Å²) < 4.78 is 0. The van der Waals surface area contributed by atoms with Gasteiger partial charge in [-0.1, -0.05) is 60.7 Å². The molecular weight excluding hydrogens is 274 g/mol. The van der Waals surface area contributed by atoms with Gasteiger partial charge in [-0.05, 0) is 28.5 Å². The van der Waals surface area contributed by atoms with Crippen LogP contribution in [0.4, 0.5) is 5.69 Å². The number of hydrogen-bond acceptors (Lipinski definition) is 3. The fraction of sp³-hybridized carbons (Fsp3) is 0.0556. The summed E-state index contributed by atoms with van der Waals surface area (Å²) in [5, 5.41) is 3.24. The molecule has 0 aliphatic rings. The first-order valence-corrected chi connectivity index (χ1v) is 7.05. The molecule has 0 saturated heterocycles. The van der Waals surface area contributed by atoms with E-state index in [9.17, 15) is 4.79 Å². The van der Waals surface area contributed by atoms with Crippen LogP contribution in [0.2, 0.25) is 0 Å². The van der Waals surface area contributed by atoms with Gasteiger partial charge in [-0.15, -0.1) is 0 Å². The monoisotopic (exact) mass is 291 g/mol. The Labute approximate surface area is 128 Å². The number of carbonyl (C=O) groups is 1. The highest BCUT2D eigenvalue weighted by Crippen LogP contribution is 2.22. The highest BCUT2D eigenvalue weighted by Gasteiger charge is 2.21. The second kappa shape index (κ2) is 5.97. The number of nitrogens with zero attached hydrogens (tertiary/aromatic N) is 1. The Balaban J connectivity index is 1.88. The average Bonchev–Trinajstić information content (AvgIpc) is 2.60. The van der Waals surface area contributed by atoms with Crippen molar-refractivity contribution in [2.24, 2.45) is 11.6 Å². The lowest BCUT2D eigenvalue weighted by Gasteiger charge is -2.21. The maximum absolute atomic E-state index is 12.5. The molecule has 3 aromatic rings. The first-order valence-electron chi connectivity index (χ1n) is 7.05. The van der Waals surface area contributed by atoms with E-state index in [0.29, 0.717) is 5.69 Å². The number of nitrogens with two attached hydrogens (primary N) is 2. The molecule has 0 aliphatic heterocycles. The zero-order valence-corrected chi connectivity index (χ0v) is 12.0. The predicted octanol–water partition coefficient (Wildman–Crippen LogP) is 2.75. The number of rotatable bonds is 3. The highest BCUT2D eigenvalue weighted by molar-refractivity contribution is 5.98. The third-order valence-corrected chi connectivity index (χ3v) is 3.67. The zero-order valence-electron chi connectivity index (χ0n) is 12.0. The second-order valence-corrected chi connectivity index (χ2v) is 5.13. The molecule has 1 atom stereocenters. The second-order valence-electron chi connectivity index (χ2n) is 5.13. The van der Waals surface area contributed by atoms with Gasteiger partial charge in [0.1, 0.15) is 6.04 Å². The van der Waals surface area contributed by atoms with Gasteiger partial charge >= 0.3 is 0 Å². The summed E-state index contributed by atoms with van der Waals surface area (Å²) in [7, 11) is 0. The van der Waals surface area contributed by atoms with E-state index in [-0.39, 0.29) is 5.91 Å². The lowest BCUT2D eigenvalue weighted by Crippen LogP contribution is -2.43. The van der Waals surface area contributed by atoms with Crippen LogP contribution in [-0.4, -0.2) is 5.91 Å². The molecule has 110 valence electrons. The van der Waals surface area contributed by atoms with Crippen molar-refractivity contribution in [2.45, 2.75) is 6.04 Å². The molecule has 0 radical (unpaired) electrons. The van der Waals surface area contributed by atoms with Crippen molar-refractivity contribution in [3.8, 4) is 0 Å². The van der Waals surface area contributed by atoms with Crippen LogP contribution in [0.3, 0.4) is 0 Å². The van der Waals surface area contributed by atoms with Gasteiger partial charge in [0, 0.05) is 0 Å². The molecule has 0 spiro atoms. The van der Waals surface area contributed by atoms with Gasteiger partial charge in [-0.25, -0.2) is 10.9 Å². The molecule has 4 nitrogen and oxygen atoms in total. The van der Waals surface area contributed by atoms with Gasteiger partial charge in [0.2, 0.25) is 0 Å². The largest absolute Gasteiger partial charge is 0.316 e. The number of fused-ring (bicyclic) bond motifs is 1.